The lowest BCUT2D eigenvalue weighted by Crippen LogP contribution is -2.31. The first-order valence-electron chi connectivity index (χ1n) is 8.48. The number of furan rings is 1. The molecule has 0 bridgehead atoms. The molecule has 1 aromatic heterocycles. The van der Waals surface area contributed by atoms with Crippen LogP contribution in [0, 0.1) is 12.7 Å². The van der Waals surface area contributed by atoms with E-state index in [2.05, 4.69) is 16.0 Å². The summed E-state index contributed by atoms with van der Waals surface area (Å²) < 4.78 is 19.5. The van der Waals surface area contributed by atoms with E-state index < -0.39 is 17.8 Å². The van der Waals surface area contributed by atoms with E-state index in [1.807, 2.05) is 38.1 Å². The molecule has 27 heavy (non-hydrogen) atoms. The average molecular weight is 369 g/mol. The lowest BCUT2D eigenvalue weighted by molar-refractivity contribution is -0.114. The molecule has 0 radical (unpaired) electrons. The Hall–Kier alpha value is -3.35. The second-order valence-electron chi connectivity index (χ2n) is 6.28. The van der Waals surface area contributed by atoms with Crippen LogP contribution in [0.2, 0.25) is 0 Å². The Morgan fingerprint density at radius 3 is 2.56 bits per heavy atom. The molecule has 0 saturated carbocycles. The quantitative estimate of drug-likeness (QED) is 0.622. The van der Waals surface area contributed by atoms with Crippen molar-refractivity contribution in [2.45, 2.75) is 26.8 Å². The molecule has 1 heterocycles. The van der Waals surface area contributed by atoms with Crippen LogP contribution in [0.5, 0.6) is 0 Å². The predicted molar refractivity (Wildman–Crippen MR) is 102 cm³/mol. The molecule has 0 spiro atoms. The normalized spacial score (nSPS) is 11.9. The van der Waals surface area contributed by atoms with Crippen LogP contribution in [0.25, 0.3) is 11.0 Å². The smallest absolute Gasteiger partial charge is 0.319 e. The van der Waals surface area contributed by atoms with Gasteiger partial charge in [0, 0.05) is 23.6 Å². The Kier molecular flexibility index (Phi) is 5.12. The van der Waals surface area contributed by atoms with Crippen LogP contribution in [0.4, 0.5) is 20.6 Å². The van der Waals surface area contributed by atoms with Gasteiger partial charge in [0.15, 0.2) is 0 Å². The van der Waals surface area contributed by atoms with Gasteiger partial charge in [-0.3, -0.25) is 4.79 Å². The first-order valence-corrected chi connectivity index (χ1v) is 8.48. The number of aryl methyl sites for hydroxylation is 1. The van der Waals surface area contributed by atoms with Crippen LogP contribution in [-0.4, -0.2) is 11.9 Å². The van der Waals surface area contributed by atoms with Crippen LogP contribution >= 0.6 is 0 Å². The van der Waals surface area contributed by atoms with Crippen molar-refractivity contribution in [1.29, 1.82) is 0 Å². The number of nitrogens with one attached hydrogen (secondary N) is 3. The van der Waals surface area contributed by atoms with Gasteiger partial charge < -0.3 is 20.4 Å². The van der Waals surface area contributed by atoms with Crippen molar-refractivity contribution in [3.63, 3.8) is 0 Å². The average Bonchev–Trinajstić information content (AvgIpc) is 2.95. The zero-order chi connectivity index (χ0) is 19.6. The Morgan fingerprint density at radius 2 is 1.85 bits per heavy atom. The largest absolute Gasteiger partial charge is 0.459 e. The van der Waals surface area contributed by atoms with Gasteiger partial charge in [0.2, 0.25) is 5.91 Å². The number of amides is 3. The lowest BCUT2D eigenvalue weighted by Gasteiger charge is -2.14. The van der Waals surface area contributed by atoms with E-state index in [0.717, 1.165) is 16.5 Å². The highest BCUT2D eigenvalue weighted by Gasteiger charge is 2.18. The molecule has 0 saturated heterocycles. The SMILES string of the molecule is CC(=O)Nc1cc(NC(=O)NC(C)c2oc3ccccc3c2C)ccc1F. The van der Waals surface area contributed by atoms with E-state index in [4.69, 9.17) is 4.42 Å². The zero-order valence-electron chi connectivity index (χ0n) is 15.2. The Morgan fingerprint density at radius 1 is 1.11 bits per heavy atom. The number of benzene rings is 2. The number of carbonyl (C=O) groups excluding carboxylic acids is 2. The molecule has 0 aliphatic rings. The highest BCUT2D eigenvalue weighted by molar-refractivity contribution is 5.93. The molecule has 0 fully saturated rings. The summed E-state index contributed by atoms with van der Waals surface area (Å²) >= 11 is 0. The Bertz CT molecular complexity index is 1010. The number of para-hydroxylation sites is 1. The van der Waals surface area contributed by atoms with E-state index in [0.29, 0.717) is 11.4 Å². The number of hydrogen-bond acceptors (Lipinski definition) is 3. The number of urea groups is 1. The third-order valence-corrected chi connectivity index (χ3v) is 4.16. The number of rotatable bonds is 4. The van der Waals surface area contributed by atoms with Crippen molar-refractivity contribution in [3.8, 4) is 0 Å². The summed E-state index contributed by atoms with van der Waals surface area (Å²) in [5.74, 6) is -0.309. The minimum atomic E-state index is -0.581. The zero-order valence-corrected chi connectivity index (χ0v) is 15.2. The summed E-state index contributed by atoms with van der Waals surface area (Å²) in [6, 6.07) is 10.8. The predicted octanol–water partition coefficient (Wildman–Crippen LogP) is 4.72. The van der Waals surface area contributed by atoms with Gasteiger partial charge in [0.1, 0.15) is 17.2 Å². The first kappa shape index (κ1) is 18.4. The van der Waals surface area contributed by atoms with Gasteiger partial charge in [-0.25, -0.2) is 9.18 Å². The van der Waals surface area contributed by atoms with Gasteiger partial charge in [0.05, 0.1) is 11.7 Å². The maximum Gasteiger partial charge on any atom is 0.319 e. The van der Waals surface area contributed by atoms with Crippen LogP contribution in [-0.2, 0) is 4.79 Å². The fraction of sp³-hybridized carbons (Fsp3) is 0.200. The molecule has 0 aliphatic carbocycles. The minimum absolute atomic E-state index is 0.00137. The van der Waals surface area contributed by atoms with Crippen molar-refractivity contribution in [3.05, 3.63) is 59.6 Å². The van der Waals surface area contributed by atoms with Gasteiger partial charge in [-0.15, -0.1) is 0 Å². The maximum absolute atomic E-state index is 13.7. The van der Waals surface area contributed by atoms with Crippen LogP contribution in [0.3, 0.4) is 0 Å². The number of fused-ring (bicyclic) bond motifs is 1. The summed E-state index contributed by atoms with van der Waals surface area (Å²) in [5.41, 5.74) is 2.08. The van der Waals surface area contributed by atoms with Crippen molar-refractivity contribution in [1.82, 2.24) is 5.32 Å². The summed E-state index contributed by atoms with van der Waals surface area (Å²) in [6.45, 7) is 5.04. The van der Waals surface area contributed by atoms with Gasteiger partial charge in [-0.1, -0.05) is 18.2 Å². The van der Waals surface area contributed by atoms with Crippen LogP contribution < -0.4 is 16.0 Å². The summed E-state index contributed by atoms with van der Waals surface area (Å²) in [6.07, 6.45) is 0. The van der Waals surface area contributed by atoms with E-state index in [-0.39, 0.29) is 11.7 Å². The lowest BCUT2D eigenvalue weighted by atomic mass is 10.1. The highest BCUT2D eigenvalue weighted by atomic mass is 19.1. The van der Waals surface area contributed by atoms with Crippen molar-refractivity contribution >= 4 is 34.3 Å². The van der Waals surface area contributed by atoms with Crippen LogP contribution in [0.1, 0.15) is 31.2 Å². The molecule has 7 heteroatoms. The van der Waals surface area contributed by atoms with E-state index >= 15 is 0 Å². The monoisotopic (exact) mass is 369 g/mol. The van der Waals surface area contributed by atoms with E-state index in [9.17, 15) is 14.0 Å². The fourth-order valence-electron chi connectivity index (χ4n) is 2.92. The molecular weight excluding hydrogens is 349 g/mol. The molecule has 3 rings (SSSR count). The molecule has 6 nitrogen and oxygen atoms in total. The number of halogens is 1. The third-order valence-electron chi connectivity index (χ3n) is 4.16. The summed E-state index contributed by atoms with van der Waals surface area (Å²) in [7, 11) is 0. The standard InChI is InChI=1S/C20H20FN3O3/c1-11-15-6-4-5-7-18(15)27-19(11)12(2)22-20(26)24-14-8-9-16(21)17(10-14)23-13(3)25/h4-10,12H,1-3H3,(H,23,25)(H2,22,24,26). The molecule has 2 aromatic carbocycles. The molecule has 0 aliphatic heterocycles. The van der Waals surface area contributed by atoms with Gasteiger partial charge >= 0.3 is 6.03 Å². The van der Waals surface area contributed by atoms with E-state index in [1.54, 1.807) is 0 Å². The topological polar surface area (TPSA) is 83.4 Å². The van der Waals surface area contributed by atoms with Gasteiger partial charge in [-0.05, 0) is 38.1 Å². The van der Waals surface area contributed by atoms with Gasteiger partial charge in [0.25, 0.3) is 0 Å². The van der Waals surface area contributed by atoms with Crippen molar-refractivity contribution in [2.75, 3.05) is 10.6 Å². The van der Waals surface area contributed by atoms with Crippen LogP contribution in [0.15, 0.2) is 46.9 Å². The fourth-order valence-corrected chi connectivity index (χ4v) is 2.92. The molecule has 3 aromatic rings. The van der Waals surface area contributed by atoms with Crippen molar-refractivity contribution < 1.29 is 18.4 Å². The first-order chi connectivity index (χ1) is 12.8. The Labute approximate surface area is 155 Å². The summed E-state index contributed by atoms with van der Waals surface area (Å²) in [4.78, 5) is 23.4. The highest BCUT2D eigenvalue weighted by Crippen LogP contribution is 2.29. The van der Waals surface area contributed by atoms with E-state index in [1.165, 1.54) is 25.1 Å². The Balaban J connectivity index is 1.71. The van der Waals surface area contributed by atoms with Crippen molar-refractivity contribution in [2.24, 2.45) is 0 Å². The second-order valence-corrected chi connectivity index (χ2v) is 6.28. The number of hydrogen-bond donors (Lipinski definition) is 3. The summed E-state index contributed by atoms with van der Waals surface area (Å²) in [5, 5.41) is 8.80. The maximum atomic E-state index is 13.7. The molecule has 1 unspecified atom stereocenters. The molecule has 3 amide bonds. The third kappa shape index (κ3) is 4.08. The number of anilines is 2. The molecular formula is C20H20FN3O3. The van der Waals surface area contributed by atoms with Gasteiger partial charge in [-0.2, -0.15) is 0 Å². The minimum Gasteiger partial charge on any atom is -0.459 e. The number of carbonyl (C=O) groups is 2. The second kappa shape index (κ2) is 7.49. The molecule has 1 atom stereocenters. The molecule has 140 valence electrons. The molecule has 3 N–H and O–H groups in total.